The van der Waals surface area contributed by atoms with Crippen LogP contribution in [0.15, 0.2) is 0 Å². The molecule has 106 valence electrons. The first kappa shape index (κ1) is 13.4. The Hall–Kier alpha value is -0.610. The van der Waals surface area contributed by atoms with Crippen LogP contribution in [0.2, 0.25) is 0 Å². The van der Waals surface area contributed by atoms with Crippen molar-refractivity contribution < 1.29 is 0 Å². The van der Waals surface area contributed by atoms with Gasteiger partial charge in [0.2, 0.25) is 0 Å². The highest BCUT2D eigenvalue weighted by atomic mass is 32.1. The largest absolute Gasteiger partial charge is 0.348 e. The summed E-state index contributed by atoms with van der Waals surface area (Å²) >= 11 is 1.92. The van der Waals surface area contributed by atoms with Gasteiger partial charge in [0.25, 0.3) is 0 Å². The molecule has 3 nitrogen and oxygen atoms in total. The van der Waals surface area contributed by atoms with Crippen molar-refractivity contribution in [1.29, 1.82) is 0 Å². The third-order valence-corrected chi connectivity index (χ3v) is 5.24. The van der Waals surface area contributed by atoms with E-state index < -0.39 is 0 Å². The van der Waals surface area contributed by atoms with Crippen molar-refractivity contribution in [3.05, 3.63) is 10.6 Å². The SMILES string of the molecule is CCCc1nc(N2CCC(C)C2)sc1CNC1CC1. The highest BCUT2D eigenvalue weighted by Crippen LogP contribution is 2.31. The van der Waals surface area contributed by atoms with E-state index in [0.29, 0.717) is 0 Å². The number of aryl methyl sites for hydroxylation is 1. The van der Waals surface area contributed by atoms with Crippen LogP contribution in [0.5, 0.6) is 0 Å². The summed E-state index contributed by atoms with van der Waals surface area (Å²) in [5, 5.41) is 4.90. The summed E-state index contributed by atoms with van der Waals surface area (Å²) in [5.74, 6) is 0.826. The van der Waals surface area contributed by atoms with Gasteiger partial charge in [0.15, 0.2) is 5.13 Å². The number of nitrogens with one attached hydrogen (secondary N) is 1. The number of nitrogens with zero attached hydrogens (tertiary/aromatic N) is 2. The lowest BCUT2D eigenvalue weighted by Gasteiger charge is -2.13. The number of thiazole rings is 1. The van der Waals surface area contributed by atoms with Gasteiger partial charge in [-0.2, -0.15) is 0 Å². The van der Waals surface area contributed by atoms with Crippen molar-refractivity contribution in [3.8, 4) is 0 Å². The molecule has 1 aromatic rings. The van der Waals surface area contributed by atoms with Crippen LogP contribution in [-0.4, -0.2) is 24.1 Å². The smallest absolute Gasteiger partial charge is 0.185 e. The molecule has 0 amide bonds. The van der Waals surface area contributed by atoms with E-state index >= 15 is 0 Å². The van der Waals surface area contributed by atoms with E-state index in [0.717, 1.165) is 24.9 Å². The average Bonchev–Trinajstić information content (AvgIpc) is 2.99. The first-order valence-electron chi connectivity index (χ1n) is 7.73. The first-order valence-corrected chi connectivity index (χ1v) is 8.54. The highest BCUT2D eigenvalue weighted by molar-refractivity contribution is 7.15. The number of hydrogen-bond acceptors (Lipinski definition) is 4. The van der Waals surface area contributed by atoms with Gasteiger partial charge in [0.05, 0.1) is 5.69 Å². The predicted molar refractivity (Wildman–Crippen MR) is 82.0 cm³/mol. The van der Waals surface area contributed by atoms with Gasteiger partial charge in [-0.3, -0.25) is 0 Å². The van der Waals surface area contributed by atoms with E-state index in [-0.39, 0.29) is 0 Å². The maximum atomic E-state index is 4.92. The third kappa shape index (κ3) is 3.29. The minimum atomic E-state index is 0.784. The monoisotopic (exact) mass is 279 g/mol. The molecule has 2 heterocycles. The van der Waals surface area contributed by atoms with E-state index in [1.54, 1.807) is 0 Å². The summed E-state index contributed by atoms with van der Waals surface area (Å²) in [4.78, 5) is 8.88. The number of aromatic nitrogens is 1. The van der Waals surface area contributed by atoms with Crippen LogP contribution in [0.1, 0.15) is 50.1 Å². The summed E-state index contributed by atoms with van der Waals surface area (Å²) in [6.07, 6.45) is 6.35. The van der Waals surface area contributed by atoms with Gasteiger partial charge in [-0.1, -0.05) is 20.3 Å². The van der Waals surface area contributed by atoms with E-state index in [2.05, 4.69) is 24.1 Å². The molecule has 1 saturated heterocycles. The number of anilines is 1. The van der Waals surface area contributed by atoms with Gasteiger partial charge >= 0.3 is 0 Å². The van der Waals surface area contributed by atoms with Crippen molar-refractivity contribution in [2.24, 2.45) is 5.92 Å². The van der Waals surface area contributed by atoms with Gasteiger partial charge in [-0.15, -0.1) is 11.3 Å². The van der Waals surface area contributed by atoms with Gasteiger partial charge in [-0.05, 0) is 31.6 Å². The lowest BCUT2D eigenvalue weighted by Crippen LogP contribution is -2.18. The third-order valence-electron chi connectivity index (χ3n) is 4.08. The predicted octanol–water partition coefficient (Wildman–Crippen LogP) is 3.19. The maximum Gasteiger partial charge on any atom is 0.185 e. The molecule has 1 atom stereocenters. The zero-order chi connectivity index (χ0) is 13.2. The quantitative estimate of drug-likeness (QED) is 0.867. The molecule has 3 rings (SSSR count). The molecule has 1 aliphatic carbocycles. The zero-order valence-corrected chi connectivity index (χ0v) is 12.9. The van der Waals surface area contributed by atoms with Crippen molar-refractivity contribution >= 4 is 16.5 Å². The molecule has 4 heteroatoms. The Morgan fingerprint density at radius 1 is 1.37 bits per heavy atom. The Balaban J connectivity index is 1.70. The first-order chi connectivity index (χ1) is 9.26. The average molecular weight is 279 g/mol. The Morgan fingerprint density at radius 2 is 2.21 bits per heavy atom. The maximum absolute atomic E-state index is 4.92. The van der Waals surface area contributed by atoms with Gasteiger partial charge in [0, 0.05) is 30.6 Å². The molecule has 0 bridgehead atoms. The van der Waals surface area contributed by atoms with Crippen LogP contribution in [0, 0.1) is 5.92 Å². The summed E-state index contributed by atoms with van der Waals surface area (Å²) < 4.78 is 0. The lowest BCUT2D eigenvalue weighted by atomic mass is 10.2. The fraction of sp³-hybridized carbons (Fsp3) is 0.800. The summed E-state index contributed by atoms with van der Waals surface area (Å²) in [5.41, 5.74) is 1.34. The van der Waals surface area contributed by atoms with E-state index in [1.165, 1.54) is 54.5 Å². The van der Waals surface area contributed by atoms with E-state index in [9.17, 15) is 0 Å². The van der Waals surface area contributed by atoms with Crippen LogP contribution in [-0.2, 0) is 13.0 Å². The van der Waals surface area contributed by atoms with Crippen molar-refractivity contribution in [2.75, 3.05) is 18.0 Å². The molecule has 1 unspecified atom stereocenters. The molecule has 0 radical (unpaired) electrons. The molecule has 1 N–H and O–H groups in total. The summed E-state index contributed by atoms with van der Waals surface area (Å²) in [6, 6.07) is 0.784. The molecular weight excluding hydrogens is 254 g/mol. The number of rotatable bonds is 6. The molecule has 1 aliphatic heterocycles. The van der Waals surface area contributed by atoms with Gasteiger partial charge in [-0.25, -0.2) is 4.98 Å². The topological polar surface area (TPSA) is 28.2 Å². The minimum Gasteiger partial charge on any atom is -0.348 e. The molecule has 1 aromatic heterocycles. The summed E-state index contributed by atoms with van der Waals surface area (Å²) in [6.45, 7) is 8.00. The molecule has 0 aromatic carbocycles. The molecule has 2 fully saturated rings. The zero-order valence-electron chi connectivity index (χ0n) is 12.1. The molecule has 2 aliphatic rings. The van der Waals surface area contributed by atoms with Crippen molar-refractivity contribution in [2.45, 2.75) is 58.5 Å². The van der Waals surface area contributed by atoms with Gasteiger partial charge < -0.3 is 10.2 Å². The van der Waals surface area contributed by atoms with Crippen LogP contribution in [0.25, 0.3) is 0 Å². The minimum absolute atomic E-state index is 0.784. The van der Waals surface area contributed by atoms with Crippen LogP contribution in [0.4, 0.5) is 5.13 Å². The Kier molecular flexibility index (Phi) is 4.08. The second-order valence-corrected chi connectivity index (χ2v) is 7.17. The Morgan fingerprint density at radius 3 is 2.84 bits per heavy atom. The lowest BCUT2D eigenvalue weighted by molar-refractivity contribution is 0.659. The Labute approximate surface area is 120 Å². The fourth-order valence-corrected chi connectivity index (χ4v) is 3.80. The van der Waals surface area contributed by atoms with Crippen LogP contribution < -0.4 is 10.2 Å². The Bertz CT molecular complexity index is 425. The molecular formula is C15H25N3S. The molecule has 19 heavy (non-hydrogen) atoms. The van der Waals surface area contributed by atoms with Crippen LogP contribution >= 0.6 is 11.3 Å². The summed E-state index contributed by atoms with van der Waals surface area (Å²) in [7, 11) is 0. The fourth-order valence-electron chi connectivity index (χ4n) is 2.71. The second kappa shape index (κ2) is 5.80. The van der Waals surface area contributed by atoms with E-state index in [1.807, 2.05) is 11.3 Å². The van der Waals surface area contributed by atoms with Gasteiger partial charge in [0.1, 0.15) is 0 Å². The second-order valence-electron chi connectivity index (χ2n) is 6.11. The van der Waals surface area contributed by atoms with Crippen LogP contribution in [0.3, 0.4) is 0 Å². The van der Waals surface area contributed by atoms with E-state index in [4.69, 9.17) is 4.98 Å². The number of hydrogen-bond donors (Lipinski definition) is 1. The van der Waals surface area contributed by atoms with Crippen molar-refractivity contribution in [3.63, 3.8) is 0 Å². The van der Waals surface area contributed by atoms with Crippen molar-refractivity contribution in [1.82, 2.24) is 10.3 Å². The highest BCUT2D eigenvalue weighted by Gasteiger charge is 2.24. The standard InChI is InChI=1S/C15H25N3S/c1-3-4-13-14(9-16-12-5-6-12)19-15(17-13)18-8-7-11(2)10-18/h11-12,16H,3-10H2,1-2H3. The molecule has 1 saturated carbocycles. The molecule has 0 spiro atoms. The normalized spacial score (nSPS) is 23.3.